The summed E-state index contributed by atoms with van der Waals surface area (Å²) in [5, 5.41) is 0. The lowest BCUT2D eigenvalue weighted by Gasteiger charge is -2.15. The Kier molecular flexibility index (Phi) is 15.2. The van der Waals surface area contributed by atoms with Crippen LogP contribution in [0, 0.1) is 0 Å². The molecule has 15 aromatic rings. The molecule has 0 radical (unpaired) electrons. The first kappa shape index (κ1) is 54.9. The van der Waals surface area contributed by atoms with Crippen molar-refractivity contribution < 1.29 is 0 Å². The number of rotatable bonds is 14. The average molecular weight is 1140 g/mol. The molecule has 0 unspecified atom stereocenters. The van der Waals surface area contributed by atoms with Crippen molar-refractivity contribution in [1.82, 2.24) is 4.98 Å². The predicted octanol–water partition coefficient (Wildman–Crippen LogP) is 24.4. The van der Waals surface area contributed by atoms with Crippen molar-refractivity contribution in [3.05, 3.63) is 370 Å². The summed E-state index contributed by atoms with van der Waals surface area (Å²) in [6.07, 6.45) is 0. The quantitative estimate of drug-likeness (QED) is 0.106. The highest BCUT2D eigenvalue weighted by molar-refractivity contribution is 5.89. The molecule has 0 bridgehead atoms. The van der Waals surface area contributed by atoms with Gasteiger partial charge in [-0.25, -0.2) is 4.98 Å². The number of hydrogen-bond acceptors (Lipinski definition) is 1. The Morgan fingerprint density at radius 3 is 0.511 bits per heavy atom. The zero-order chi connectivity index (χ0) is 60.0. The lowest BCUT2D eigenvalue weighted by molar-refractivity contribution is 1.32. The molecule has 0 spiro atoms. The SMILES string of the molecule is c1ccc(-c2cc(-c3ccccc3)cc(-c3ccc(-c4cccc(-c5cccc(-c6cc(-c7cccc(-c8cc(-c9ccccc9)cc(-c9ccccc9)c8)c7)cc(-c7cccc(-c8cc(-c9ccccc9)cc(-c9ccccc9)c8)c7)c6)c5)n4)cc3)c2)cc1. The summed E-state index contributed by atoms with van der Waals surface area (Å²) < 4.78 is 0. The Hall–Kier alpha value is -11.8. The Morgan fingerprint density at radius 1 is 0.100 bits per heavy atom. The van der Waals surface area contributed by atoms with Gasteiger partial charge >= 0.3 is 0 Å². The molecule has 422 valence electrons. The molecular weight excluding hydrogens is 1080 g/mol. The second-order valence-corrected chi connectivity index (χ2v) is 23.1. The van der Waals surface area contributed by atoms with Gasteiger partial charge < -0.3 is 0 Å². The third kappa shape index (κ3) is 11.9. The van der Waals surface area contributed by atoms with Crippen LogP contribution in [-0.2, 0) is 0 Å². The number of pyridine rings is 1. The molecule has 0 aliphatic carbocycles. The summed E-state index contributed by atoms with van der Waals surface area (Å²) in [7, 11) is 0. The van der Waals surface area contributed by atoms with E-state index in [1.54, 1.807) is 0 Å². The van der Waals surface area contributed by atoms with Gasteiger partial charge in [0.25, 0.3) is 0 Å². The summed E-state index contributed by atoms with van der Waals surface area (Å²) in [6.45, 7) is 0. The third-order valence-electron chi connectivity index (χ3n) is 17.2. The molecule has 1 heterocycles. The smallest absolute Gasteiger partial charge is 0.0709 e. The van der Waals surface area contributed by atoms with Crippen LogP contribution in [0.1, 0.15) is 0 Å². The Labute approximate surface area is 527 Å². The lowest BCUT2D eigenvalue weighted by Crippen LogP contribution is -1.91. The van der Waals surface area contributed by atoms with E-state index in [9.17, 15) is 0 Å². The molecule has 0 saturated heterocycles. The maximum absolute atomic E-state index is 5.37. The fraction of sp³-hybridized carbons (Fsp3) is 0. The molecule has 90 heavy (non-hydrogen) atoms. The van der Waals surface area contributed by atoms with E-state index in [0.717, 1.165) is 83.7 Å². The molecule has 0 saturated carbocycles. The molecule has 0 amide bonds. The van der Waals surface area contributed by atoms with Crippen LogP contribution in [0.2, 0.25) is 0 Å². The molecule has 0 atom stereocenters. The first-order chi connectivity index (χ1) is 44.5. The topological polar surface area (TPSA) is 12.9 Å². The standard InChI is InChI=1S/C89H61N/c1-7-23-62(24-8-1)76-50-77(63-25-9-2-10-26-63)54-82(53-76)68-43-45-69(46-44-68)88-41-22-42-89(90-88)75-40-21-39-74(49-75)87-60-85(72-37-19-35-70(47-72)83-55-78(64-27-11-3-12-28-64)51-79(56-83)65-29-13-4-14-30-65)59-86(61-87)73-38-20-36-71(48-73)84-57-80(66-31-15-5-16-32-66)52-81(58-84)67-33-17-6-18-34-67/h1-61H. The van der Waals surface area contributed by atoms with Crippen molar-refractivity contribution in [2.75, 3.05) is 0 Å². The summed E-state index contributed by atoms with van der Waals surface area (Å²) in [5.41, 5.74) is 31.9. The Balaban J connectivity index is 0.813. The Bertz CT molecular complexity index is 4640. The molecule has 1 heteroatoms. The largest absolute Gasteiger partial charge is 0.248 e. The normalized spacial score (nSPS) is 11.1. The molecule has 15 rings (SSSR count). The number of benzene rings is 14. The fourth-order valence-electron chi connectivity index (χ4n) is 12.5. The van der Waals surface area contributed by atoms with E-state index < -0.39 is 0 Å². The first-order valence-corrected chi connectivity index (χ1v) is 30.9. The first-order valence-electron chi connectivity index (χ1n) is 30.9. The zero-order valence-electron chi connectivity index (χ0n) is 49.7. The second kappa shape index (κ2) is 24.9. The van der Waals surface area contributed by atoms with Crippen molar-refractivity contribution >= 4 is 0 Å². The second-order valence-electron chi connectivity index (χ2n) is 23.1. The van der Waals surface area contributed by atoms with E-state index in [0.29, 0.717) is 0 Å². The van der Waals surface area contributed by atoms with Gasteiger partial charge in [-0.05, 0) is 237 Å². The molecule has 0 fully saturated rings. The van der Waals surface area contributed by atoms with Gasteiger partial charge in [-0.1, -0.05) is 267 Å². The van der Waals surface area contributed by atoms with Crippen LogP contribution in [-0.4, -0.2) is 4.98 Å². The summed E-state index contributed by atoms with van der Waals surface area (Å²) in [4.78, 5) is 5.37. The van der Waals surface area contributed by atoms with Crippen LogP contribution in [0.3, 0.4) is 0 Å². The van der Waals surface area contributed by atoms with E-state index in [-0.39, 0.29) is 0 Å². The molecule has 1 nitrogen and oxygen atoms in total. The highest BCUT2D eigenvalue weighted by Crippen LogP contribution is 2.41. The van der Waals surface area contributed by atoms with Gasteiger partial charge in [0.05, 0.1) is 11.4 Å². The average Bonchev–Trinajstić information content (AvgIpc) is 2.29. The van der Waals surface area contributed by atoms with E-state index >= 15 is 0 Å². The maximum Gasteiger partial charge on any atom is 0.0709 e. The van der Waals surface area contributed by atoms with Crippen molar-refractivity contribution in [1.29, 1.82) is 0 Å². The molecular formula is C89H61N. The van der Waals surface area contributed by atoms with Gasteiger partial charge in [-0.15, -0.1) is 0 Å². The third-order valence-corrected chi connectivity index (χ3v) is 17.2. The van der Waals surface area contributed by atoms with Gasteiger partial charge in [-0.3, -0.25) is 0 Å². The van der Waals surface area contributed by atoms with E-state index in [4.69, 9.17) is 4.98 Å². The monoisotopic (exact) mass is 1140 g/mol. The molecule has 0 N–H and O–H groups in total. The van der Waals surface area contributed by atoms with Crippen LogP contribution in [0.5, 0.6) is 0 Å². The zero-order valence-corrected chi connectivity index (χ0v) is 49.7. The van der Waals surface area contributed by atoms with E-state index in [2.05, 4.69) is 370 Å². The van der Waals surface area contributed by atoms with Crippen LogP contribution >= 0.6 is 0 Å². The van der Waals surface area contributed by atoms with Crippen LogP contribution in [0.25, 0.3) is 156 Å². The molecule has 0 aliphatic heterocycles. The lowest BCUT2D eigenvalue weighted by atomic mass is 9.89. The van der Waals surface area contributed by atoms with Gasteiger partial charge in [-0.2, -0.15) is 0 Å². The fourth-order valence-corrected chi connectivity index (χ4v) is 12.5. The highest BCUT2D eigenvalue weighted by Gasteiger charge is 2.16. The summed E-state index contributed by atoms with van der Waals surface area (Å²) >= 11 is 0. The van der Waals surface area contributed by atoms with Crippen LogP contribution in [0.4, 0.5) is 0 Å². The van der Waals surface area contributed by atoms with Gasteiger partial charge in [0.2, 0.25) is 0 Å². The maximum atomic E-state index is 5.37. The molecule has 1 aromatic heterocycles. The van der Waals surface area contributed by atoms with Crippen molar-refractivity contribution in [2.24, 2.45) is 0 Å². The predicted molar refractivity (Wildman–Crippen MR) is 380 cm³/mol. The minimum atomic E-state index is 0.915. The summed E-state index contributed by atoms with van der Waals surface area (Å²) in [5.74, 6) is 0. The van der Waals surface area contributed by atoms with Crippen LogP contribution in [0.15, 0.2) is 370 Å². The van der Waals surface area contributed by atoms with E-state index in [1.807, 2.05) is 0 Å². The molecule has 0 aliphatic rings. The number of hydrogen-bond donors (Lipinski definition) is 0. The Morgan fingerprint density at radius 2 is 0.256 bits per heavy atom. The van der Waals surface area contributed by atoms with Crippen LogP contribution < -0.4 is 0 Å². The highest BCUT2D eigenvalue weighted by atomic mass is 14.7. The number of nitrogens with zero attached hydrogens (tertiary/aromatic N) is 1. The van der Waals surface area contributed by atoms with Crippen molar-refractivity contribution in [3.8, 4) is 156 Å². The van der Waals surface area contributed by atoms with Crippen molar-refractivity contribution in [3.63, 3.8) is 0 Å². The summed E-state index contributed by atoms with van der Waals surface area (Å²) in [6, 6.07) is 134. The van der Waals surface area contributed by atoms with Gasteiger partial charge in [0, 0.05) is 11.1 Å². The number of aromatic nitrogens is 1. The van der Waals surface area contributed by atoms with Gasteiger partial charge in [0.1, 0.15) is 0 Å². The van der Waals surface area contributed by atoms with Crippen molar-refractivity contribution in [2.45, 2.75) is 0 Å². The minimum absolute atomic E-state index is 0.915. The molecule has 14 aromatic carbocycles. The van der Waals surface area contributed by atoms with E-state index in [1.165, 1.54) is 72.3 Å². The van der Waals surface area contributed by atoms with Gasteiger partial charge in [0.15, 0.2) is 0 Å². The minimum Gasteiger partial charge on any atom is -0.248 e.